The van der Waals surface area contributed by atoms with Crippen molar-refractivity contribution in [1.29, 1.82) is 0 Å². The van der Waals surface area contributed by atoms with E-state index >= 15 is 0 Å². The van der Waals surface area contributed by atoms with Crippen LogP contribution in [0.4, 0.5) is 5.69 Å². The van der Waals surface area contributed by atoms with Gasteiger partial charge < -0.3 is 14.8 Å². The molecule has 7 nitrogen and oxygen atoms in total. The van der Waals surface area contributed by atoms with Crippen LogP contribution in [0.15, 0.2) is 77.9 Å². The Morgan fingerprint density at radius 1 is 0.938 bits per heavy atom. The van der Waals surface area contributed by atoms with Gasteiger partial charge in [-0.25, -0.2) is 5.43 Å². The Kier molecular flexibility index (Phi) is 7.97. The second kappa shape index (κ2) is 11.3. The molecule has 0 heterocycles. The molecular formula is C25H25N3O4. The van der Waals surface area contributed by atoms with E-state index in [0.717, 1.165) is 11.1 Å². The topological polar surface area (TPSA) is 89.0 Å². The van der Waals surface area contributed by atoms with E-state index in [2.05, 4.69) is 15.8 Å². The van der Waals surface area contributed by atoms with Crippen molar-refractivity contribution in [1.82, 2.24) is 5.43 Å². The first-order valence-electron chi connectivity index (χ1n) is 10.2. The van der Waals surface area contributed by atoms with E-state index in [0.29, 0.717) is 36.0 Å². The molecule has 3 aromatic carbocycles. The number of carbonyl (C=O) groups is 2. The molecule has 7 heteroatoms. The molecule has 0 bridgehead atoms. The molecule has 0 radical (unpaired) electrons. The molecule has 3 rings (SSSR count). The SMILES string of the molecule is CCOc1cc(/C=N\NC(=O)c2cccc(NC(C)=O)c2)ccc1OCc1ccccc1. The first-order valence-corrected chi connectivity index (χ1v) is 10.2. The molecule has 0 aliphatic rings. The van der Waals surface area contributed by atoms with E-state index in [1.54, 1.807) is 30.3 Å². The zero-order chi connectivity index (χ0) is 22.8. The van der Waals surface area contributed by atoms with E-state index in [-0.39, 0.29) is 11.8 Å². The van der Waals surface area contributed by atoms with Crippen LogP contribution in [0.5, 0.6) is 11.5 Å². The summed E-state index contributed by atoms with van der Waals surface area (Å²) in [5.41, 5.74) is 5.22. The van der Waals surface area contributed by atoms with Gasteiger partial charge in [0.25, 0.3) is 5.91 Å². The van der Waals surface area contributed by atoms with E-state index < -0.39 is 0 Å². The second-order valence-electron chi connectivity index (χ2n) is 6.87. The van der Waals surface area contributed by atoms with Crippen LogP contribution in [-0.4, -0.2) is 24.6 Å². The molecule has 0 aliphatic carbocycles. The molecule has 0 saturated heterocycles. The highest BCUT2D eigenvalue weighted by Crippen LogP contribution is 2.29. The predicted molar refractivity (Wildman–Crippen MR) is 124 cm³/mol. The summed E-state index contributed by atoms with van der Waals surface area (Å²) in [7, 11) is 0. The minimum absolute atomic E-state index is 0.207. The highest BCUT2D eigenvalue weighted by molar-refractivity contribution is 5.97. The minimum Gasteiger partial charge on any atom is -0.490 e. The molecule has 0 aromatic heterocycles. The lowest BCUT2D eigenvalue weighted by molar-refractivity contribution is -0.114. The van der Waals surface area contributed by atoms with Crippen LogP contribution < -0.4 is 20.2 Å². The fourth-order valence-electron chi connectivity index (χ4n) is 2.90. The van der Waals surface area contributed by atoms with Gasteiger partial charge in [0, 0.05) is 18.2 Å². The summed E-state index contributed by atoms with van der Waals surface area (Å²) in [6.45, 7) is 4.23. The van der Waals surface area contributed by atoms with Crippen molar-refractivity contribution in [3.8, 4) is 11.5 Å². The van der Waals surface area contributed by atoms with Gasteiger partial charge in [0.15, 0.2) is 11.5 Å². The molecule has 32 heavy (non-hydrogen) atoms. The molecule has 0 spiro atoms. The maximum Gasteiger partial charge on any atom is 0.271 e. The molecule has 0 aliphatic heterocycles. The van der Waals surface area contributed by atoms with Crippen LogP contribution in [0.2, 0.25) is 0 Å². The monoisotopic (exact) mass is 431 g/mol. The summed E-state index contributed by atoms with van der Waals surface area (Å²) in [5, 5.41) is 6.67. The standard InChI is InChI=1S/C25H25N3O4/c1-3-31-24-14-20(12-13-23(24)32-17-19-8-5-4-6-9-19)16-26-28-25(30)21-10-7-11-22(15-21)27-18(2)29/h4-16H,3,17H2,1-2H3,(H,27,29)(H,28,30)/b26-16-. The molecule has 2 N–H and O–H groups in total. The summed E-state index contributed by atoms with van der Waals surface area (Å²) < 4.78 is 11.6. The Morgan fingerprint density at radius 2 is 1.75 bits per heavy atom. The molecule has 2 amide bonds. The van der Waals surface area contributed by atoms with Crippen LogP contribution in [0, 0.1) is 0 Å². The molecule has 3 aromatic rings. The van der Waals surface area contributed by atoms with Crippen LogP contribution in [0.25, 0.3) is 0 Å². The van der Waals surface area contributed by atoms with Crippen molar-refractivity contribution in [2.45, 2.75) is 20.5 Å². The van der Waals surface area contributed by atoms with Gasteiger partial charge in [-0.15, -0.1) is 0 Å². The quantitative estimate of drug-likeness (QED) is 0.389. The number of amides is 2. The minimum atomic E-state index is -0.388. The number of benzene rings is 3. The Hall–Kier alpha value is -4.13. The average Bonchev–Trinajstić information content (AvgIpc) is 2.79. The number of carbonyl (C=O) groups excluding carboxylic acids is 2. The zero-order valence-electron chi connectivity index (χ0n) is 18.0. The second-order valence-corrected chi connectivity index (χ2v) is 6.87. The van der Waals surface area contributed by atoms with Crippen molar-refractivity contribution in [2.24, 2.45) is 5.10 Å². The lowest BCUT2D eigenvalue weighted by Crippen LogP contribution is -2.18. The molecule has 164 valence electrons. The predicted octanol–water partition coefficient (Wildman–Crippen LogP) is 4.39. The summed E-state index contributed by atoms with van der Waals surface area (Å²) in [6, 6.07) is 21.9. The normalized spacial score (nSPS) is 10.6. The van der Waals surface area contributed by atoms with E-state index in [1.807, 2.05) is 49.4 Å². The molecular weight excluding hydrogens is 406 g/mol. The van der Waals surface area contributed by atoms with Gasteiger partial charge in [-0.2, -0.15) is 5.10 Å². The Morgan fingerprint density at radius 3 is 2.50 bits per heavy atom. The molecule has 0 fully saturated rings. The Balaban J connectivity index is 1.64. The molecule has 0 atom stereocenters. The van der Waals surface area contributed by atoms with Crippen molar-refractivity contribution < 1.29 is 19.1 Å². The van der Waals surface area contributed by atoms with Gasteiger partial charge in [0.1, 0.15) is 6.61 Å². The Labute approximate surface area is 187 Å². The first-order chi connectivity index (χ1) is 15.5. The van der Waals surface area contributed by atoms with Gasteiger partial charge >= 0.3 is 0 Å². The third kappa shape index (κ3) is 6.70. The largest absolute Gasteiger partial charge is 0.490 e. The number of hydrogen-bond acceptors (Lipinski definition) is 5. The number of rotatable bonds is 9. The number of hydrogen-bond donors (Lipinski definition) is 2. The zero-order valence-corrected chi connectivity index (χ0v) is 18.0. The van der Waals surface area contributed by atoms with Gasteiger partial charge in [0.05, 0.1) is 12.8 Å². The van der Waals surface area contributed by atoms with E-state index in [4.69, 9.17) is 9.47 Å². The van der Waals surface area contributed by atoms with Gasteiger partial charge in [-0.05, 0) is 54.4 Å². The lowest BCUT2D eigenvalue weighted by atomic mass is 10.2. The summed E-state index contributed by atoms with van der Waals surface area (Å²) in [5.74, 6) is 0.636. The smallest absolute Gasteiger partial charge is 0.271 e. The number of hydrazone groups is 1. The third-order valence-corrected chi connectivity index (χ3v) is 4.33. The van der Waals surface area contributed by atoms with Crippen LogP contribution in [0.3, 0.4) is 0 Å². The highest BCUT2D eigenvalue weighted by atomic mass is 16.5. The van der Waals surface area contributed by atoms with Crippen molar-refractivity contribution in [3.05, 3.63) is 89.5 Å². The van der Waals surface area contributed by atoms with Crippen LogP contribution in [0.1, 0.15) is 35.3 Å². The summed E-state index contributed by atoms with van der Waals surface area (Å²) in [4.78, 5) is 23.5. The number of ether oxygens (including phenoxy) is 2. The number of nitrogens with one attached hydrogen (secondary N) is 2. The highest BCUT2D eigenvalue weighted by Gasteiger charge is 2.08. The summed E-state index contributed by atoms with van der Waals surface area (Å²) >= 11 is 0. The van der Waals surface area contributed by atoms with Crippen molar-refractivity contribution in [3.63, 3.8) is 0 Å². The van der Waals surface area contributed by atoms with Crippen molar-refractivity contribution >= 4 is 23.7 Å². The lowest BCUT2D eigenvalue weighted by Gasteiger charge is -2.12. The van der Waals surface area contributed by atoms with E-state index in [9.17, 15) is 9.59 Å². The fourth-order valence-corrected chi connectivity index (χ4v) is 2.90. The van der Waals surface area contributed by atoms with E-state index in [1.165, 1.54) is 13.1 Å². The maximum atomic E-state index is 12.3. The number of nitrogens with zero attached hydrogens (tertiary/aromatic N) is 1. The van der Waals surface area contributed by atoms with Crippen molar-refractivity contribution in [2.75, 3.05) is 11.9 Å². The molecule has 0 unspecified atom stereocenters. The first kappa shape index (κ1) is 22.6. The maximum absolute atomic E-state index is 12.3. The van der Waals surface area contributed by atoms with Gasteiger partial charge in [-0.3, -0.25) is 9.59 Å². The molecule has 0 saturated carbocycles. The van der Waals surface area contributed by atoms with Crippen LogP contribution in [-0.2, 0) is 11.4 Å². The van der Waals surface area contributed by atoms with Gasteiger partial charge in [-0.1, -0.05) is 36.4 Å². The van der Waals surface area contributed by atoms with Crippen LogP contribution >= 0.6 is 0 Å². The summed E-state index contributed by atoms with van der Waals surface area (Å²) in [6.07, 6.45) is 1.53. The Bertz CT molecular complexity index is 1100. The number of anilines is 1. The third-order valence-electron chi connectivity index (χ3n) is 4.33. The average molecular weight is 431 g/mol. The fraction of sp³-hybridized carbons (Fsp3) is 0.160. The van der Waals surface area contributed by atoms with Gasteiger partial charge in [0.2, 0.25) is 5.91 Å².